The summed E-state index contributed by atoms with van der Waals surface area (Å²) in [5.74, 6) is 0.439. The van der Waals surface area contributed by atoms with Crippen LogP contribution in [0.15, 0.2) is 65.3 Å². The molecule has 0 spiro atoms. The van der Waals surface area contributed by atoms with E-state index in [4.69, 9.17) is 0 Å². The number of halogens is 1. The topological polar surface area (TPSA) is 74.3 Å². The Hall–Kier alpha value is -2.77. The van der Waals surface area contributed by atoms with E-state index in [0.717, 1.165) is 20.9 Å². The molecule has 0 radical (unpaired) electrons. The summed E-state index contributed by atoms with van der Waals surface area (Å²) in [5.41, 5.74) is 0.825. The number of nitrogens with zero attached hydrogens (tertiary/aromatic N) is 2. The molecule has 6 nitrogen and oxygen atoms in total. The van der Waals surface area contributed by atoms with E-state index in [-0.39, 0.29) is 23.8 Å². The Morgan fingerprint density at radius 1 is 1.03 bits per heavy atom. The maximum absolute atomic E-state index is 12.9. The number of aromatic nitrogens is 1. The Balaban J connectivity index is 1.32. The van der Waals surface area contributed by atoms with Gasteiger partial charge in [0.25, 0.3) is 0 Å². The van der Waals surface area contributed by atoms with Gasteiger partial charge in [0.2, 0.25) is 11.8 Å². The number of piperidine rings is 1. The van der Waals surface area contributed by atoms with E-state index in [2.05, 4.69) is 36.4 Å². The largest absolute Gasteiger partial charge is 0.324 e. The summed E-state index contributed by atoms with van der Waals surface area (Å²) in [6, 6.07) is 17.3. The summed E-state index contributed by atoms with van der Waals surface area (Å²) >= 11 is 3.34. The third-order valence-corrected chi connectivity index (χ3v) is 6.32. The molecule has 0 aliphatic carbocycles. The maximum atomic E-state index is 12.9. The van der Waals surface area contributed by atoms with Gasteiger partial charge in [-0.3, -0.25) is 14.5 Å². The molecule has 160 valence electrons. The number of amides is 2. The number of rotatable bonds is 5. The van der Waals surface area contributed by atoms with Gasteiger partial charge in [0, 0.05) is 27.7 Å². The molecule has 3 aromatic rings. The molecule has 0 saturated carbocycles. The fraction of sp³-hybridized carbons (Fsp3) is 0.292. The Morgan fingerprint density at radius 2 is 1.77 bits per heavy atom. The first-order valence-corrected chi connectivity index (χ1v) is 11.3. The van der Waals surface area contributed by atoms with Crippen LogP contribution in [0.4, 0.5) is 11.5 Å². The van der Waals surface area contributed by atoms with Crippen LogP contribution < -0.4 is 10.6 Å². The lowest BCUT2D eigenvalue weighted by atomic mass is 9.95. The van der Waals surface area contributed by atoms with Gasteiger partial charge in [-0.2, -0.15) is 0 Å². The van der Waals surface area contributed by atoms with Gasteiger partial charge >= 0.3 is 0 Å². The molecule has 1 aliphatic heterocycles. The minimum Gasteiger partial charge on any atom is -0.324 e. The van der Waals surface area contributed by atoms with E-state index < -0.39 is 0 Å². The number of likely N-dealkylation sites (tertiary alicyclic amines) is 1. The van der Waals surface area contributed by atoms with Crippen molar-refractivity contribution in [2.45, 2.75) is 25.8 Å². The van der Waals surface area contributed by atoms with Crippen LogP contribution in [-0.4, -0.2) is 40.8 Å². The average Bonchev–Trinajstić information content (AvgIpc) is 2.80. The third kappa shape index (κ3) is 5.11. The standard InChI is InChI=1S/C24H25BrN4O2/c1-16(23(30)27-21-8-4-6-17-5-2-3-7-20(17)21)29-13-11-18(12-14-29)24(31)28-22-10-9-19(25)15-26-22/h2-10,15-16,18H,11-14H2,1H3,(H,27,30)(H,26,28,31). The Bertz CT molecular complexity index is 1070. The maximum Gasteiger partial charge on any atom is 0.241 e. The predicted molar refractivity (Wildman–Crippen MR) is 127 cm³/mol. The highest BCUT2D eigenvalue weighted by molar-refractivity contribution is 9.10. The van der Waals surface area contributed by atoms with Gasteiger partial charge < -0.3 is 10.6 Å². The van der Waals surface area contributed by atoms with E-state index in [1.54, 1.807) is 12.3 Å². The van der Waals surface area contributed by atoms with Gasteiger partial charge in [-0.25, -0.2) is 4.98 Å². The van der Waals surface area contributed by atoms with E-state index in [1.807, 2.05) is 55.5 Å². The second-order valence-corrected chi connectivity index (χ2v) is 8.77. The average molecular weight is 481 g/mol. The van der Waals surface area contributed by atoms with Crippen molar-refractivity contribution in [2.24, 2.45) is 5.92 Å². The van der Waals surface area contributed by atoms with Gasteiger partial charge in [0.05, 0.1) is 6.04 Å². The summed E-state index contributed by atoms with van der Waals surface area (Å²) in [7, 11) is 0. The van der Waals surface area contributed by atoms with Crippen LogP contribution in [0.2, 0.25) is 0 Å². The molecule has 1 unspecified atom stereocenters. The van der Waals surface area contributed by atoms with Crippen molar-refractivity contribution in [1.29, 1.82) is 0 Å². The molecule has 31 heavy (non-hydrogen) atoms. The minimum absolute atomic E-state index is 0.0117. The molecule has 7 heteroatoms. The number of nitrogens with one attached hydrogen (secondary N) is 2. The molecule has 0 bridgehead atoms. The zero-order chi connectivity index (χ0) is 21.8. The Morgan fingerprint density at radius 3 is 2.52 bits per heavy atom. The number of fused-ring (bicyclic) bond motifs is 1. The molecule has 2 N–H and O–H groups in total. The zero-order valence-electron chi connectivity index (χ0n) is 17.3. The van der Waals surface area contributed by atoms with Gasteiger partial charge in [-0.1, -0.05) is 36.4 Å². The van der Waals surface area contributed by atoms with E-state index in [0.29, 0.717) is 31.7 Å². The number of carbonyl (C=O) groups is 2. The predicted octanol–water partition coefficient (Wildman–Crippen LogP) is 4.68. The SMILES string of the molecule is CC(C(=O)Nc1cccc2ccccc12)N1CCC(C(=O)Nc2ccc(Br)cn2)CC1. The number of benzene rings is 2. The highest BCUT2D eigenvalue weighted by Crippen LogP contribution is 2.25. The number of pyridine rings is 1. The Labute approximate surface area is 190 Å². The van der Waals surface area contributed by atoms with Crippen molar-refractivity contribution in [3.8, 4) is 0 Å². The summed E-state index contributed by atoms with van der Waals surface area (Å²) in [6.45, 7) is 3.33. The van der Waals surface area contributed by atoms with E-state index in [9.17, 15) is 9.59 Å². The van der Waals surface area contributed by atoms with Crippen LogP contribution in [-0.2, 0) is 9.59 Å². The van der Waals surface area contributed by atoms with Gasteiger partial charge in [-0.05, 0) is 72.4 Å². The molecule has 1 aliphatic rings. The second kappa shape index (κ2) is 9.58. The van der Waals surface area contributed by atoms with Gasteiger partial charge in [0.1, 0.15) is 5.82 Å². The molecule has 2 amide bonds. The fourth-order valence-corrected chi connectivity index (χ4v) is 4.20. The normalized spacial score (nSPS) is 16.1. The van der Waals surface area contributed by atoms with Gasteiger partial charge in [0.15, 0.2) is 0 Å². The lowest BCUT2D eigenvalue weighted by molar-refractivity contribution is -0.123. The van der Waals surface area contributed by atoms with Crippen LogP contribution in [0.3, 0.4) is 0 Å². The van der Waals surface area contributed by atoms with Crippen LogP contribution >= 0.6 is 15.9 Å². The quantitative estimate of drug-likeness (QED) is 0.555. The zero-order valence-corrected chi connectivity index (χ0v) is 18.9. The number of carbonyl (C=O) groups excluding carboxylic acids is 2. The minimum atomic E-state index is -0.267. The third-order valence-electron chi connectivity index (χ3n) is 5.85. The highest BCUT2D eigenvalue weighted by atomic mass is 79.9. The van der Waals surface area contributed by atoms with Crippen molar-refractivity contribution >= 4 is 50.0 Å². The molecular formula is C24H25BrN4O2. The molecule has 1 fully saturated rings. The number of hydrogen-bond donors (Lipinski definition) is 2. The van der Waals surface area contributed by atoms with E-state index >= 15 is 0 Å². The molecule has 2 aromatic carbocycles. The lowest BCUT2D eigenvalue weighted by Crippen LogP contribution is -2.47. The van der Waals surface area contributed by atoms with Crippen molar-refractivity contribution in [1.82, 2.24) is 9.88 Å². The number of anilines is 2. The molecule has 4 rings (SSSR count). The molecular weight excluding hydrogens is 456 g/mol. The summed E-state index contributed by atoms with van der Waals surface area (Å²) < 4.78 is 0.870. The van der Waals surface area contributed by atoms with E-state index in [1.165, 1.54) is 0 Å². The second-order valence-electron chi connectivity index (χ2n) is 7.85. The first kappa shape index (κ1) is 21.5. The number of hydrogen-bond acceptors (Lipinski definition) is 4. The molecule has 1 aromatic heterocycles. The summed E-state index contributed by atoms with van der Waals surface area (Å²) in [5, 5.41) is 8.10. The highest BCUT2D eigenvalue weighted by Gasteiger charge is 2.30. The molecule has 1 saturated heterocycles. The molecule has 1 atom stereocenters. The first-order valence-electron chi connectivity index (χ1n) is 10.5. The van der Waals surface area contributed by atoms with Crippen LogP contribution in [0, 0.1) is 5.92 Å². The summed E-state index contributed by atoms with van der Waals surface area (Å²) in [4.78, 5) is 31.8. The molecule has 2 heterocycles. The lowest BCUT2D eigenvalue weighted by Gasteiger charge is -2.34. The van der Waals surface area contributed by atoms with Gasteiger partial charge in [-0.15, -0.1) is 0 Å². The monoisotopic (exact) mass is 480 g/mol. The summed E-state index contributed by atoms with van der Waals surface area (Å²) in [6.07, 6.45) is 3.09. The smallest absolute Gasteiger partial charge is 0.241 e. The first-order chi connectivity index (χ1) is 15.0. The van der Waals surface area contributed by atoms with Crippen molar-refractivity contribution < 1.29 is 9.59 Å². The van der Waals surface area contributed by atoms with Crippen LogP contribution in [0.1, 0.15) is 19.8 Å². The van der Waals surface area contributed by atoms with Crippen LogP contribution in [0.5, 0.6) is 0 Å². The Kier molecular flexibility index (Phi) is 6.63. The van der Waals surface area contributed by atoms with Crippen molar-refractivity contribution in [3.63, 3.8) is 0 Å². The van der Waals surface area contributed by atoms with Crippen molar-refractivity contribution in [2.75, 3.05) is 23.7 Å². The van der Waals surface area contributed by atoms with Crippen LogP contribution in [0.25, 0.3) is 10.8 Å². The van der Waals surface area contributed by atoms with Crippen molar-refractivity contribution in [3.05, 3.63) is 65.3 Å². The fourth-order valence-electron chi connectivity index (χ4n) is 3.96.